The Labute approximate surface area is 116 Å². The van der Waals surface area contributed by atoms with Crippen LogP contribution in [0.25, 0.3) is 0 Å². The number of ether oxygens (including phenoxy) is 1. The van der Waals surface area contributed by atoms with Crippen LogP contribution in [0.1, 0.15) is 31.6 Å². The molecule has 1 atom stereocenters. The topological polar surface area (TPSA) is 52.3 Å². The van der Waals surface area contributed by atoms with Gasteiger partial charge < -0.3 is 10.5 Å². The van der Waals surface area contributed by atoms with Crippen LogP contribution in [-0.2, 0) is 11.2 Å². The van der Waals surface area contributed by atoms with Crippen LogP contribution in [0.4, 0.5) is 5.69 Å². The van der Waals surface area contributed by atoms with Crippen molar-refractivity contribution in [3.63, 3.8) is 0 Å². The molecule has 0 aliphatic heterocycles. The molecule has 0 radical (unpaired) electrons. The van der Waals surface area contributed by atoms with Crippen molar-refractivity contribution in [2.24, 2.45) is 0 Å². The number of rotatable bonds is 3. The first-order valence-corrected chi connectivity index (χ1v) is 7.07. The SMILES string of the molecule is Cc1sc(C(=O)OCC2Cc3ccccc32)cc1N. The molecule has 2 aromatic rings. The fraction of sp³-hybridized carbons (Fsp3) is 0.267. The van der Waals surface area contributed by atoms with Crippen LogP contribution in [0.5, 0.6) is 0 Å². The van der Waals surface area contributed by atoms with Gasteiger partial charge in [-0.3, -0.25) is 0 Å². The molecule has 3 rings (SSSR count). The van der Waals surface area contributed by atoms with E-state index >= 15 is 0 Å². The molecule has 3 nitrogen and oxygen atoms in total. The highest BCUT2D eigenvalue weighted by Crippen LogP contribution is 2.35. The van der Waals surface area contributed by atoms with Gasteiger partial charge in [0.05, 0.1) is 6.61 Å². The Morgan fingerprint density at radius 3 is 2.95 bits per heavy atom. The Morgan fingerprint density at radius 1 is 1.47 bits per heavy atom. The molecule has 4 heteroatoms. The fourth-order valence-corrected chi connectivity index (χ4v) is 3.19. The monoisotopic (exact) mass is 273 g/mol. The average Bonchev–Trinajstić information content (AvgIpc) is 2.71. The maximum Gasteiger partial charge on any atom is 0.348 e. The van der Waals surface area contributed by atoms with Crippen molar-refractivity contribution in [1.29, 1.82) is 0 Å². The van der Waals surface area contributed by atoms with Gasteiger partial charge in [-0.25, -0.2) is 4.79 Å². The van der Waals surface area contributed by atoms with E-state index in [-0.39, 0.29) is 5.97 Å². The van der Waals surface area contributed by atoms with E-state index in [1.54, 1.807) is 6.07 Å². The van der Waals surface area contributed by atoms with Gasteiger partial charge in [0.1, 0.15) is 4.88 Å². The van der Waals surface area contributed by atoms with Crippen LogP contribution >= 0.6 is 11.3 Å². The Bertz CT molecular complexity index is 613. The van der Waals surface area contributed by atoms with E-state index in [1.807, 2.05) is 19.1 Å². The number of nitrogen functional groups attached to an aromatic ring is 1. The van der Waals surface area contributed by atoms with E-state index in [0.29, 0.717) is 23.1 Å². The summed E-state index contributed by atoms with van der Waals surface area (Å²) in [5.41, 5.74) is 9.06. The van der Waals surface area contributed by atoms with E-state index in [2.05, 4.69) is 12.1 Å². The lowest BCUT2D eigenvalue weighted by molar-refractivity contribution is 0.0475. The van der Waals surface area contributed by atoms with Gasteiger partial charge in [0.2, 0.25) is 0 Å². The first-order valence-electron chi connectivity index (χ1n) is 6.26. The maximum absolute atomic E-state index is 11.9. The van der Waals surface area contributed by atoms with Crippen molar-refractivity contribution in [2.45, 2.75) is 19.3 Å². The molecule has 1 aromatic heterocycles. The van der Waals surface area contributed by atoms with Crippen LogP contribution in [-0.4, -0.2) is 12.6 Å². The predicted octanol–water partition coefficient (Wildman–Crippen LogP) is 3.14. The predicted molar refractivity (Wildman–Crippen MR) is 76.6 cm³/mol. The first kappa shape index (κ1) is 12.2. The summed E-state index contributed by atoms with van der Waals surface area (Å²) in [7, 11) is 0. The normalized spacial score (nSPS) is 16.6. The van der Waals surface area contributed by atoms with Gasteiger partial charge in [-0.15, -0.1) is 11.3 Å². The molecule has 0 amide bonds. The smallest absolute Gasteiger partial charge is 0.348 e. The molecule has 1 aliphatic rings. The second kappa shape index (κ2) is 4.70. The molecule has 0 spiro atoms. The van der Waals surface area contributed by atoms with Crippen molar-refractivity contribution < 1.29 is 9.53 Å². The Hall–Kier alpha value is -1.81. The third-order valence-corrected chi connectivity index (χ3v) is 4.58. The van der Waals surface area contributed by atoms with Gasteiger partial charge in [0.25, 0.3) is 0 Å². The highest BCUT2D eigenvalue weighted by atomic mass is 32.1. The zero-order chi connectivity index (χ0) is 13.4. The standard InChI is InChI=1S/C15H15NO2S/c1-9-13(16)7-14(19-9)15(17)18-8-11-6-10-4-2-3-5-12(10)11/h2-5,7,11H,6,8,16H2,1H3. The summed E-state index contributed by atoms with van der Waals surface area (Å²) in [6.07, 6.45) is 0.995. The number of esters is 1. The summed E-state index contributed by atoms with van der Waals surface area (Å²) in [5, 5.41) is 0. The van der Waals surface area contributed by atoms with Gasteiger partial charge in [-0.2, -0.15) is 0 Å². The fourth-order valence-electron chi connectivity index (χ4n) is 2.36. The van der Waals surface area contributed by atoms with Crippen LogP contribution in [0.2, 0.25) is 0 Å². The number of hydrogen-bond acceptors (Lipinski definition) is 4. The summed E-state index contributed by atoms with van der Waals surface area (Å²) in [5.74, 6) is 0.0766. The van der Waals surface area contributed by atoms with E-state index < -0.39 is 0 Å². The largest absolute Gasteiger partial charge is 0.461 e. The molecule has 0 saturated heterocycles. The molecule has 2 N–H and O–H groups in total. The summed E-state index contributed by atoms with van der Waals surface area (Å²) < 4.78 is 5.37. The van der Waals surface area contributed by atoms with Crippen LogP contribution in [0.3, 0.4) is 0 Å². The Morgan fingerprint density at radius 2 is 2.26 bits per heavy atom. The second-order valence-corrected chi connectivity index (χ2v) is 6.08. The highest BCUT2D eigenvalue weighted by Gasteiger charge is 2.27. The zero-order valence-electron chi connectivity index (χ0n) is 10.7. The number of benzene rings is 1. The third kappa shape index (κ3) is 2.24. The number of fused-ring (bicyclic) bond motifs is 1. The molecular weight excluding hydrogens is 258 g/mol. The molecule has 0 saturated carbocycles. The maximum atomic E-state index is 11.9. The minimum absolute atomic E-state index is 0.269. The summed E-state index contributed by atoms with van der Waals surface area (Å²) in [4.78, 5) is 13.4. The van der Waals surface area contributed by atoms with Crippen molar-refractivity contribution >= 4 is 23.0 Å². The lowest BCUT2D eigenvalue weighted by atomic mass is 9.78. The van der Waals surface area contributed by atoms with Gasteiger partial charge in [-0.05, 0) is 30.5 Å². The number of nitrogens with two attached hydrogens (primary N) is 1. The van der Waals surface area contributed by atoms with Crippen LogP contribution in [0.15, 0.2) is 30.3 Å². The lowest BCUT2D eigenvalue weighted by Gasteiger charge is -2.29. The van der Waals surface area contributed by atoms with E-state index in [9.17, 15) is 4.79 Å². The molecule has 1 aromatic carbocycles. The number of anilines is 1. The molecule has 0 bridgehead atoms. The minimum Gasteiger partial charge on any atom is -0.461 e. The Balaban J connectivity index is 1.61. The van der Waals surface area contributed by atoms with E-state index in [4.69, 9.17) is 10.5 Å². The number of carbonyl (C=O) groups is 1. The minimum atomic E-state index is -0.269. The lowest BCUT2D eigenvalue weighted by Crippen LogP contribution is -2.23. The third-order valence-electron chi connectivity index (χ3n) is 3.53. The number of hydrogen-bond donors (Lipinski definition) is 1. The molecule has 1 aliphatic carbocycles. The highest BCUT2D eigenvalue weighted by molar-refractivity contribution is 7.14. The van der Waals surface area contributed by atoms with Crippen LogP contribution in [0, 0.1) is 6.92 Å². The molecule has 1 unspecified atom stereocenters. The van der Waals surface area contributed by atoms with Crippen LogP contribution < -0.4 is 5.73 Å². The number of thiophene rings is 1. The van der Waals surface area contributed by atoms with Crippen molar-refractivity contribution in [1.82, 2.24) is 0 Å². The summed E-state index contributed by atoms with van der Waals surface area (Å²) in [6, 6.07) is 9.98. The molecule has 19 heavy (non-hydrogen) atoms. The van der Waals surface area contributed by atoms with Gasteiger partial charge >= 0.3 is 5.97 Å². The average molecular weight is 273 g/mol. The van der Waals surface area contributed by atoms with Gasteiger partial charge in [0, 0.05) is 16.5 Å². The van der Waals surface area contributed by atoms with Crippen molar-refractivity contribution in [3.8, 4) is 0 Å². The van der Waals surface area contributed by atoms with Crippen molar-refractivity contribution in [2.75, 3.05) is 12.3 Å². The molecule has 0 fully saturated rings. The number of carbonyl (C=O) groups excluding carboxylic acids is 1. The molecule has 98 valence electrons. The second-order valence-electron chi connectivity index (χ2n) is 4.82. The quantitative estimate of drug-likeness (QED) is 0.874. The van der Waals surface area contributed by atoms with Gasteiger partial charge in [-0.1, -0.05) is 24.3 Å². The summed E-state index contributed by atoms with van der Waals surface area (Å²) >= 11 is 1.39. The molecular formula is C15H15NO2S. The van der Waals surface area contributed by atoms with E-state index in [1.165, 1.54) is 22.5 Å². The van der Waals surface area contributed by atoms with Crippen molar-refractivity contribution in [3.05, 3.63) is 51.2 Å². The van der Waals surface area contributed by atoms with Gasteiger partial charge in [0.15, 0.2) is 0 Å². The first-order chi connectivity index (χ1) is 9.15. The number of aryl methyl sites for hydroxylation is 1. The zero-order valence-corrected chi connectivity index (χ0v) is 11.5. The Kier molecular flexibility index (Phi) is 3.03. The molecule has 1 heterocycles. The summed E-state index contributed by atoms with van der Waals surface area (Å²) in [6.45, 7) is 2.35. The van der Waals surface area contributed by atoms with E-state index in [0.717, 1.165) is 11.3 Å².